The van der Waals surface area contributed by atoms with Crippen LogP contribution in [0.1, 0.15) is 43.0 Å². The summed E-state index contributed by atoms with van der Waals surface area (Å²) in [6.07, 6.45) is 3.87. The molecule has 3 rings (SSSR count). The van der Waals surface area contributed by atoms with Crippen molar-refractivity contribution in [2.45, 2.75) is 39.5 Å². The number of piperazine rings is 1. The van der Waals surface area contributed by atoms with E-state index in [9.17, 15) is 0 Å². The maximum Gasteiger partial charge on any atom is 0.222 e. The number of anilines is 2. The van der Waals surface area contributed by atoms with Crippen molar-refractivity contribution < 1.29 is 9.47 Å². The number of hydrogen-bond donors (Lipinski definition) is 3. The number of methoxy groups -OCH3 is 1. The van der Waals surface area contributed by atoms with Crippen molar-refractivity contribution in [2.75, 3.05) is 64.0 Å². The molecule has 2 aromatic rings. The van der Waals surface area contributed by atoms with E-state index in [1.807, 2.05) is 19.1 Å². The number of unbranched alkanes of at least 4 members (excludes halogenated alkanes) is 1. The highest BCUT2D eigenvalue weighted by Crippen LogP contribution is 2.30. The third kappa shape index (κ3) is 6.97. The van der Waals surface area contributed by atoms with E-state index in [0.717, 1.165) is 92.7 Å². The van der Waals surface area contributed by atoms with Crippen LogP contribution >= 0.6 is 0 Å². The van der Waals surface area contributed by atoms with Crippen LogP contribution in [-0.4, -0.2) is 67.9 Å². The number of rotatable bonds is 12. The highest BCUT2D eigenvalue weighted by atomic mass is 16.5. The molecule has 1 aromatic carbocycles. The van der Waals surface area contributed by atoms with Crippen LogP contribution in [0.15, 0.2) is 18.2 Å². The van der Waals surface area contributed by atoms with Crippen molar-refractivity contribution >= 4 is 11.8 Å². The molecule has 1 fully saturated rings. The zero-order valence-electron chi connectivity index (χ0n) is 19.7. The summed E-state index contributed by atoms with van der Waals surface area (Å²) in [7, 11) is 1.69. The minimum atomic E-state index is 0.293. The highest BCUT2D eigenvalue weighted by Gasteiger charge is 2.15. The number of aryl methyl sites for hydroxylation is 1. The van der Waals surface area contributed by atoms with Gasteiger partial charge in [-0.2, -0.15) is 4.98 Å². The van der Waals surface area contributed by atoms with Gasteiger partial charge in [0.25, 0.3) is 0 Å². The minimum Gasteiger partial charge on any atom is -0.496 e. The summed E-state index contributed by atoms with van der Waals surface area (Å²) in [5, 5.41) is 6.81. The first-order chi connectivity index (χ1) is 15.6. The summed E-state index contributed by atoms with van der Waals surface area (Å²) in [5.74, 6) is 2.73. The van der Waals surface area contributed by atoms with Gasteiger partial charge in [0.1, 0.15) is 17.3 Å². The van der Waals surface area contributed by atoms with Gasteiger partial charge in [-0.3, -0.25) is 0 Å². The molecular formula is C24H38N6O2. The van der Waals surface area contributed by atoms with E-state index in [1.165, 1.54) is 0 Å². The van der Waals surface area contributed by atoms with Crippen LogP contribution in [0.2, 0.25) is 0 Å². The number of benzene rings is 1. The van der Waals surface area contributed by atoms with Crippen molar-refractivity contribution in [1.82, 2.24) is 20.2 Å². The summed E-state index contributed by atoms with van der Waals surface area (Å²) < 4.78 is 11.7. The molecular weight excluding hydrogens is 404 g/mol. The van der Waals surface area contributed by atoms with Crippen molar-refractivity contribution in [1.29, 1.82) is 0 Å². The zero-order chi connectivity index (χ0) is 22.8. The van der Waals surface area contributed by atoms with Gasteiger partial charge in [0, 0.05) is 63.0 Å². The Morgan fingerprint density at radius 3 is 2.75 bits per heavy atom. The van der Waals surface area contributed by atoms with Crippen LogP contribution in [-0.2, 0) is 6.42 Å². The van der Waals surface area contributed by atoms with Crippen LogP contribution in [0.5, 0.6) is 11.5 Å². The van der Waals surface area contributed by atoms with Crippen LogP contribution in [0, 0.1) is 6.92 Å². The Kier molecular flexibility index (Phi) is 9.37. The van der Waals surface area contributed by atoms with Gasteiger partial charge in [-0.15, -0.1) is 0 Å². The molecule has 0 unspecified atom stereocenters. The standard InChI is InChI=1S/C24H38N6O2/c1-4-5-9-27-23-21(18(2)28-24(25)29-23)16-19-7-8-20(17-22(19)31-3)32-15-6-12-30-13-10-26-11-14-30/h7-8,17,26H,4-6,9-16H2,1-3H3,(H3,25,27,28,29). The lowest BCUT2D eigenvalue weighted by Gasteiger charge is -2.27. The molecule has 1 aromatic heterocycles. The largest absolute Gasteiger partial charge is 0.496 e. The molecule has 8 nitrogen and oxygen atoms in total. The first kappa shape index (κ1) is 24.1. The number of nitrogens with two attached hydrogens (primary N) is 1. The fourth-order valence-electron chi connectivity index (χ4n) is 3.92. The Balaban J connectivity index is 1.63. The predicted molar refractivity (Wildman–Crippen MR) is 130 cm³/mol. The second kappa shape index (κ2) is 12.5. The molecule has 2 heterocycles. The topological polar surface area (TPSA) is 97.6 Å². The fraction of sp³-hybridized carbons (Fsp3) is 0.583. The van der Waals surface area contributed by atoms with Gasteiger partial charge < -0.3 is 30.7 Å². The Bertz CT molecular complexity index is 855. The molecule has 0 spiro atoms. The van der Waals surface area contributed by atoms with Gasteiger partial charge >= 0.3 is 0 Å². The third-order valence-electron chi connectivity index (χ3n) is 5.78. The number of hydrogen-bond acceptors (Lipinski definition) is 8. The summed E-state index contributed by atoms with van der Waals surface area (Å²) in [6, 6.07) is 6.05. The number of aromatic nitrogens is 2. The maximum absolute atomic E-state index is 6.00. The third-order valence-corrected chi connectivity index (χ3v) is 5.78. The Labute approximate surface area is 191 Å². The average Bonchev–Trinajstić information content (AvgIpc) is 2.80. The van der Waals surface area contributed by atoms with E-state index in [-0.39, 0.29) is 0 Å². The number of ether oxygens (including phenoxy) is 2. The van der Waals surface area contributed by atoms with Gasteiger partial charge in [-0.25, -0.2) is 4.98 Å². The molecule has 8 heteroatoms. The summed E-state index contributed by atoms with van der Waals surface area (Å²) in [6.45, 7) is 11.2. The van der Waals surface area contributed by atoms with E-state index in [2.05, 4.69) is 38.5 Å². The number of nitrogens with zero attached hydrogens (tertiary/aromatic N) is 3. The average molecular weight is 443 g/mol. The van der Waals surface area contributed by atoms with E-state index < -0.39 is 0 Å². The van der Waals surface area contributed by atoms with Crippen molar-refractivity contribution in [3.05, 3.63) is 35.0 Å². The van der Waals surface area contributed by atoms with Crippen LogP contribution in [0.25, 0.3) is 0 Å². The van der Waals surface area contributed by atoms with Gasteiger partial charge in [0.15, 0.2) is 0 Å². The van der Waals surface area contributed by atoms with E-state index >= 15 is 0 Å². The molecule has 4 N–H and O–H groups in total. The number of nitrogen functional groups attached to an aromatic ring is 1. The van der Waals surface area contributed by atoms with E-state index in [0.29, 0.717) is 19.0 Å². The lowest BCUT2D eigenvalue weighted by molar-refractivity contribution is 0.213. The lowest BCUT2D eigenvalue weighted by Crippen LogP contribution is -2.43. The first-order valence-corrected chi connectivity index (χ1v) is 11.7. The summed E-state index contributed by atoms with van der Waals surface area (Å²) >= 11 is 0. The zero-order valence-corrected chi connectivity index (χ0v) is 19.7. The molecule has 0 amide bonds. The second-order valence-corrected chi connectivity index (χ2v) is 8.22. The van der Waals surface area contributed by atoms with Crippen molar-refractivity contribution in [3.8, 4) is 11.5 Å². The SMILES string of the molecule is CCCCNc1nc(N)nc(C)c1Cc1ccc(OCCCN2CCNCC2)cc1OC. The molecule has 0 bridgehead atoms. The van der Waals surface area contributed by atoms with Crippen molar-refractivity contribution in [3.63, 3.8) is 0 Å². The molecule has 32 heavy (non-hydrogen) atoms. The lowest BCUT2D eigenvalue weighted by atomic mass is 10.0. The van der Waals surface area contributed by atoms with Crippen LogP contribution in [0.3, 0.4) is 0 Å². The highest BCUT2D eigenvalue weighted by molar-refractivity contribution is 5.53. The molecule has 0 saturated carbocycles. The Morgan fingerprint density at radius 1 is 1.19 bits per heavy atom. The van der Waals surface area contributed by atoms with Gasteiger partial charge in [-0.05, 0) is 31.4 Å². The minimum absolute atomic E-state index is 0.293. The van der Waals surface area contributed by atoms with E-state index in [1.54, 1.807) is 7.11 Å². The second-order valence-electron chi connectivity index (χ2n) is 8.22. The molecule has 0 aliphatic carbocycles. The van der Waals surface area contributed by atoms with Crippen LogP contribution in [0.4, 0.5) is 11.8 Å². The summed E-state index contributed by atoms with van der Waals surface area (Å²) in [5.41, 5.74) is 8.88. The quantitative estimate of drug-likeness (QED) is 0.432. The Hall–Kier alpha value is -2.58. The molecule has 0 atom stereocenters. The first-order valence-electron chi connectivity index (χ1n) is 11.7. The summed E-state index contributed by atoms with van der Waals surface area (Å²) in [4.78, 5) is 11.3. The smallest absolute Gasteiger partial charge is 0.222 e. The van der Waals surface area contributed by atoms with Gasteiger partial charge in [0.2, 0.25) is 5.95 Å². The van der Waals surface area contributed by atoms with E-state index in [4.69, 9.17) is 15.2 Å². The predicted octanol–water partition coefficient (Wildman–Crippen LogP) is 2.85. The molecule has 1 aliphatic heterocycles. The monoisotopic (exact) mass is 442 g/mol. The molecule has 176 valence electrons. The van der Waals surface area contributed by atoms with Crippen LogP contribution < -0.4 is 25.8 Å². The fourth-order valence-corrected chi connectivity index (χ4v) is 3.92. The molecule has 0 radical (unpaired) electrons. The molecule has 1 aliphatic rings. The number of nitrogens with one attached hydrogen (secondary N) is 2. The van der Waals surface area contributed by atoms with Gasteiger partial charge in [-0.1, -0.05) is 19.4 Å². The van der Waals surface area contributed by atoms with Crippen molar-refractivity contribution in [2.24, 2.45) is 0 Å². The van der Waals surface area contributed by atoms with Gasteiger partial charge in [0.05, 0.1) is 13.7 Å². The maximum atomic E-state index is 6.00. The molecule has 1 saturated heterocycles. The normalized spacial score (nSPS) is 14.3. The Morgan fingerprint density at radius 2 is 2.00 bits per heavy atom.